The number of rotatable bonds is 11. The Labute approximate surface area is 274 Å². The Morgan fingerprint density at radius 2 is 1.77 bits per heavy atom. The number of nitrogens with zero attached hydrogens (tertiary/aromatic N) is 4. The van der Waals surface area contributed by atoms with Gasteiger partial charge in [-0.15, -0.1) is 0 Å². The zero-order valence-corrected chi connectivity index (χ0v) is 28.3. The molecule has 2 N–H and O–H groups in total. The summed E-state index contributed by atoms with van der Waals surface area (Å²) in [5.74, 6) is 1.37. The first-order valence-corrected chi connectivity index (χ1v) is 17.1. The number of fused-ring (bicyclic) bond motifs is 1. The molecule has 0 aliphatic heterocycles. The molecule has 12 heteroatoms. The minimum Gasteiger partial charge on any atom is -0.359 e. The molecule has 5 rings (SSSR count). The number of amides is 2. The highest BCUT2D eigenvalue weighted by Gasteiger charge is 2.23. The van der Waals surface area contributed by atoms with Crippen molar-refractivity contribution in [3.8, 4) is 11.1 Å². The van der Waals surface area contributed by atoms with E-state index in [0.717, 1.165) is 18.4 Å². The molecule has 0 aliphatic rings. The van der Waals surface area contributed by atoms with Crippen LogP contribution in [-0.4, -0.2) is 47.1 Å². The third-order valence-electron chi connectivity index (χ3n) is 8.30. The molecule has 0 atom stereocenters. The number of sulfonamides is 1. The fourth-order valence-electron chi connectivity index (χ4n) is 5.09. The maximum atomic E-state index is 13.9. The van der Waals surface area contributed by atoms with E-state index in [1.54, 1.807) is 72.8 Å². The van der Waals surface area contributed by atoms with E-state index in [2.05, 4.69) is 22.1 Å². The van der Waals surface area contributed by atoms with Gasteiger partial charge in [0.2, 0.25) is 0 Å². The molecule has 2 heterocycles. The van der Waals surface area contributed by atoms with Gasteiger partial charge in [0.25, 0.3) is 15.6 Å². The van der Waals surface area contributed by atoms with Gasteiger partial charge in [-0.25, -0.2) is 18.2 Å². The molecule has 0 fully saturated rings. The van der Waals surface area contributed by atoms with E-state index in [1.165, 1.54) is 0 Å². The number of aromatic nitrogens is 3. The van der Waals surface area contributed by atoms with Crippen molar-refractivity contribution in [3.63, 3.8) is 0 Å². The van der Waals surface area contributed by atoms with Crippen LogP contribution >= 0.6 is 0 Å². The second-order valence-electron chi connectivity index (χ2n) is 11.9. The summed E-state index contributed by atoms with van der Waals surface area (Å²) in [7, 11) is -2.26. The molecule has 0 aliphatic carbocycles. The molecular weight excluding hydrogens is 616 g/mol. The topological polar surface area (TPSA) is 139 Å². The predicted octanol–water partition coefficient (Wildman–Crippen LogP) is 6.73. The second-order valence-corrected chi connectivity index (χ2v) is 13.6. The summed E-state index contributed by atoms with van der Waals surface area (Å²) in [4.78, 5) is 33.1. The van der Waals surface area contributed by atoms with Crippen molar-refractivity contribution >= 4 is 38.5 Å². The minimum atomic E-state index is -3.98. The van der Waals surface area contributed by atoms with Crippen LogP contribution in [0.3, 0.4) is 0 Å². The van der Waals surface area contributed by atoms with Crippen molar-refractivity contribution in [3.05, 3.63) is 99.8 Å². The van der Waals surface area contributed by atoms with Gasteiger partial charge in [-0.1, -0.05) is 61.0 Å². The Morgan fingerprint density at radius 3 is 2.43 bits per heavy atom. The zero-order valence-electron chi connectivity index (χ0n) is 27.5. The lowest BCUT2D eigenvalue weighted by atomic mass is 10.0. The van der Waals surface area contributed by atoms with Crippen LogP contribution in [-0.2, 0) is 23.0 Å². The first-order valence-electron chi connectivity index (χ1n) is 15.6. The van der Waals surface area contributed by atoms with Crippen molar-refractivity contribution in [2.45, 2.75) is 71.4 Å². The van der Waals surface area contributed by atoms with Gasteiger partial charge in [0.1, 0.15) is 11.6 Å². The average Bonchev–Trinajstić information content (AvgIpc) is 3.37. The van der Waals surface area contributed by atoms with Crippen molar-refractivity contribution < 1.29 is 17.7 Å². The van der Waals surface area contributed by atoms with Crippen molar-refractivity contribution in [2.75, 3.05) is 17.1 Å². The summed E-state index contributed by atoms with van der Waals surface area (Å²) in [6.45, 7) is 9.67. The lowest BCUT2D eigenvalue weighted by Crippen LogP contribution is -2.36. The van der Waals surface area contributed by atoms with Crippen LogP contribution in [0.15, 0.2) is 80.9 Å². The van der Waals surface area contributed by atoms with Crippen LogP contribution in [0.4, 0.5) is 16.3 Å². The minimum absolute atomic E-state index is 0.0180. The molecule has 246 valence electrons. The monoisotopic (exact) mass is 656 g/mol. The Kier molecular flexibility index (Phi) is 9.80. The van der Waals surface area contributed by atoms with Crippen LogP contribution in [0.5, 0.6) is 0 Å². The second kappa shape index (κ2) is 13.8. The number of aryl methyl sites for hydroxylation is 2. The Morgan fingerprint density at radius 1 is 1.04 bits per heavy atom. The maximum Gasteiger partial charge on any atom is 0.321 e. The van der Waals surface area contributed by atoms with Gasteiger partial charge in [0, 0.05) is 36.3 Å². The van der Waals surface area contributed by atoms with E-state index in [0.29, 0.717) is 51.3 Å². The molecule has 11 nitrogen and oxygen atoms in total. The summed E-state index contributed by atoms with van der Waals surface area (Å²) in [5.41, 5.74) is 3.59. The molecule has 0 bridgehead atoms. The summed E-state index contributed by atoms with van der Waals surface area (Å²) in [5, 5.41) is 7.13. The molecule has 47 heavy (non-hydrogen) atoms. The number of hydrogen-bond donors (Lipinski definition) is 2. The maximum absolute atomic E-state index is 13.9. The fraction of sp³-hybridized carbons (Fsp3) is 0.314. The molecule has 0 saturated heterocycles. The van der Waals surface area contributed by atoms with E-state index < -0.39 is 10.0 Å². The van der Waals surface area contributed by atoms with Crippen LogP contribution in [0, 0.1) is 13.8 Å². The highest BCUT2D eigenvalue weighted by atomic mass is 32.2. The number of unbranched alkanes of at least 4 members (excludes halogenated alkanes) is 1. The number of carbonyl (C=O) groups is 1. The molecule has 0 unspecified atom stereocenters. The van der Waals surface area contributed by atoms with E-state index in [-0.39, 0.29) is 34.9 Å². The lowest BCUT2D eigenvalue weighted by molar-refractivity contribution is 0.211. The Hall–Kier alpha value is -4.97. The third-order valence-corrected chi connectivity index (χ3v) is 9.70. The number of urea groups is 1. The first-order chi connectivity index (χ1) is 22.4. The van der Waals surface area contributed by atoms with Crippen LogP contribution in [0.2, 0.25) is 0 Å². The zero-order chi connectivity index (χ0) is 33.9. The highest BCUT2D eigenvalue weighted by molar-refractivity contribution is 7.92. The number of anilines is 2. The van der Waals surface area contributed by atoms with E-state index in [9.17, 15) is 18.0 Å². The Bertz CT molecular complexity index is 2080. The van der Waals surface area contributed by atoms with E-state index in [1.807, 2.05) is 38.1 Å². The molecule has 3 aromatic carbocycles. The number of hydrogen-bond acceptors (Lipinski definition) is 7. The number of carbonyl (C=O) groups excluding carboxylic acids is 1. The molecule has 5 aromatic rings. The number of nitrogens with one attached hydrogen (secondary N) is 2. The summed E-state index contributed by atoms with van der Waals surface area (Å²) >= 11 is 0. The summed E-state index contributed by atoms with van der Waals surface area (Å²) < 4.78 is 36.2. The third kappa shape index (κ3) is 7.22. The van der Waals surface area contributed by atoms with Crippen molar-refractivity contribution in [2.24, 2.45) is 0 Å². The molecule has 0 saturated carbocycles. The standard InChI is InChI=1S/C35H40N6O5S/c1-7-8-13-32-37-30-19-18-27(36-35(43)40(6)22(2)3)20-29(30)34(42)41(32)21-25-14-16-26(17-15-25)28-11-9-10-12-31(28)47(44,45)39-33-23(4)24(5)46-38-33/h9-12,14-20,22H,7-8,13,21H2,1-6H3,(H,36,43)(H,38,39). The normalized spacial score (nSPS) is 11.6. The van der Waals surface area contributed by atoms with Gasteiger partial charge < -0.3 is 14.7 Å². The van der Waals surface area contributed by atoms with Gasteiger partial charge in [-0.2, -0.15) is 0 Å². The van der Waals surface area contributed by atoms with Gasteiger partial charge in [-0.05, 0) is 69.5 Å². The molecule has 0 spiro atoms. The highest BCUT2D eigenvalue weighted by Crippen LogP contribution is 2.30. The van der Waals surface area contributed by atoms with Gasteiger partial charge in [-0.3, -0.25) is 14.1 Å². The van der Waals surface area contributed by atoms with E-state index in [4.69, 9.17) is 9.51 Å². The largest absolute Gasteiger partial charge is 0.359 e. The van der Waals surface area contributed by atoms with Gasteiger partial charge in [0.15, 0.2) is 5.82 Å². The quantitative estimate of drug-likeness (QED) is 0.161. The van der Waals surface area contributed by atoms with Crippen molar-refractivity contribution in [1.29, 1.82) is 0 Å². The summed E-state index contributed by atoms with van der Waals surface area (Å²) in [6.07, 6.45) is 2.46. The Balaban J connectivity index is 1.46. The van der Waals surface area contributed by atoms with Crippen LogP contribution in [0.25, 0.3) is 22.0 Å². The fourth-order valence-corrected chi connectivity index (χ4v) is 6.37. The lowest BCUT2D eigenvalue weighted by Gasteiger charge is -2.22. The molecular formula is C35H40N6O5S. The van der Waals surface area contributed by atoms with Crippen molar-refractivity contribution in [1.82, 2.24) is 19.6 Å². The average molecular weight is 657 g/mol. The van der Waals surface area contributed by atoms with Crippen LogP contribution < -0.4 is 15.6 Å². The van der Waals surface area contributed by atoms with E-state index >= 15 is 0 Å². The predicted molar refractivity (Wildman–Crippen MR) is 184 cm³/mol. The number of benzene rings is 3. The first kappa shape index (κ1) is 33.4. The molecule has 2 amide bonds. The summed E-state index contributed by atoms with van der Waals surface area (Å²) in [6, 6.07) is 19.2. The van der Waals surface area contributed by atoms with Gasteiger partial charge >= 0.3 is 6.03 Å². The smallest absolute Gasteiger partial charge is 0.321 e. The van der Waals surface area contributed by atoms with Crippen LogP contribution in [0.1, 0.15) is 56.3 Å². The SMILES string of the molecule is CCCCc1nc2ccc(NC(=O)N(C)C(C)C)cc2c(=O)n1Cc1ccc(-c2ccccc2S(=O)(=O)Nc2noc(C)c2C)cc1. The molecule has 2 aromatic heterocycles. The van der Waals surface area contributed by atoms with Gasteiger partial charge in [0.05, 0.1) is 22.3 Å². The molecule has 0 radical (unpaired) electrons.